The molecule has 1 fully saturated rings. The van der Waals surface area contributed by atoms with E-state index in [1.54, 1.807) is 12.1 Å². The zero-order valence-electron chi connectivity index (χ0n) is 12.2. The minimum Gasteiger partial charge on any atom is -0.308 e. The molecule has 2 rings (SSSR count). The van der Waals surface area contributed by atoms with Gasteiger partial charge in [-0.25, -0.2) is 13.6 Å². The van der Waals surface area contributed by atoms with Gasteiger partial charge in [-0.05, 0) is 43.9 Å². The fourth-order valence-corrected chi connectivity index (χ4v) is 3.28. The summed E-state index contributed by atoms with van der Waals surface area (Å²) in [6, 6.07) is 7.48. The van der Waals surface area contributed by atoms with Crippen molar-refractivity contribution < 1.29 is 8.42 Å². The van der Waals surface area contributed by atoms with Crippen LogP contribution in [0, 0.1) is 5.92 Å². The molecule has 1 aromatic carbocycles. The van der Waals surface area contributed by atoms with Gasteiger partial charge in [0.2, 0.25) is 10.0 Å². The fourth-order valence-electron chi connectivity index (χ4n) is 2.77. The van der Waals surface area contributed by atoms with E-state index in [2.05, 4.69) is 19.2 Å². The molecule has 1 aliphatic carbocycles. The average molecular weight is 296 g/mol. The Balaban J connectivity index is 1.92. The SMILES string of the molecule is CC(CC1CCC1)NC(C)c1ccc(S(N)(=O)=O)cc1. The zero-order chi connectivity index (χ0) is 14.8. The van der Waals surface area contributed by atoms with Gasteiger partial charge in [-0.15, -0.1) is 0 Å². The van der Waals surface area contributed by atoms with Crippen LogP contribution in [-0.2, 0) is 10.0 Å². The zero-order valence-corrected chi connectivity index (χ0v) is 13.0. The summed E-state index contributed by atoms with van der Waals surface area (Å²) < 4.78 is 22.4. The first-order valence-electron chi connectivity index (χ1n) is 7.25. The number of nitrogens with two attached hydrogens (primary N) is 1. The van der Waals surface area contributed by atoms with Crippen molar-refractivity contribution in [3.63, 3.8) is 0 Å². The fraction of sp³-hybridized carbons (Fsp3) is 0.600. The Morgan fingerprint density at radius 1 is 1.25 bits per heavy atom. The van der Waals surface area contributed by atoms with Gasteiger partial charge in [0.05, 0.1) is 4.90 Å². The minimum atomic E-state index is -3.60. The van der Waals surface area contributed by atoms with Crippen molar-refractivity contribution >= 4 is 10.0 Å². The Hall–Kier alpha value is -0.910. The Labute approximate surface area is 121 Å². The number of benzene rings is 1. The van der Waals surface area contributed by atoms with Crippen molar-refractivity contribution in [3.8, 4) is 0 Å². The van der Waals surface area contributed by atoms with Crippen LogP contribution in [0.4, 0.5) is 0 Å². The van der Waals surface area contributed by atoms with Gasteiger partial charge in [0.1, 0.15) is 0 Å². The van der Waals surface area contributed by atoms with Crippen LogP contribution in [0.3, 0.4) is 0 Å². The van der Waals surface area contributed by atoms with E-state index in [0.29, 0.717) is 6.04 Å². The Morgan fingerprint density at radius 2 is 1.85 bits per heavy atom. The summed E-state index contributed by atoms with van der Waals surface area (Å²) in [5, 5.41) is 8.67. The Morgan fingerprint density at radius 3 is 2.30 bits per heavy atom. The topological polar surface area (TPSA) is 72.2 Å². The van der Waals surface area contributed by atoms with Crippen LogP contribution in [0.2, 0.25) is 0 Å². The first kappa shape index (κ1) is 15.5. The van der Waals surface area contributed by atoms with Gasteiger partial charge in [0.15, 0.2) is 0 Å². The van der Waals surface area contributed by atoms with Crippen LogP contribution in [0.15, 0.2) is 29.2 Å². The third-order valence-electron chi connectivity index (χ3n) is 4.15. The van der Waals surface area contributed by atoms with Crippen LogP contribution in [0.25, 0.3) is 0 Å². The second kappa shape index (κ2) is 6.24. The van der Waals surface area contributed by atoms with E-state index in [-0.39, 0.29) is 10.9 Å². The molecule has 0 aliphatic heterocycles. The molecule has 5 heteroatoms. The maximum absolute atomic E-state index is 11.2. The molecular weight excluding hydrogens is 272 g/mol. The molecule has 2 unspecified atom stereocenters. The molecule has 2 atom stereocenters. The number of sulfonamides is 1. The molecule has 0 saturated heterocycles. The summed E-state index contributed by atoms with van der Waals surface area (Å²) in [6.07, 6.45) is 5.33. The number of rotatable bonds is 6. The lowest BCUT2D eigenvalue weighted by molar-refractivity contribution is 0.259. The quantitative estimate of drug-likeness (QED) is 0.847. The van der Waals surface area contributed by atoms with Gasteiger partial charge in [-0.2, -0.15) is 0 Å². The predicted molar refractivity (Wildman–Crippen MR) is 80.8 cm³/mol. The molecule has 20 heavy (non-hydrogen) atoms. The van der Waals surface area contributed by atoms with Crippen LogP contribution in [0.1, 0.15) is 51.1 Å². The molecule has 3 N–H and O–H groups in total. The number of hydrogen-bond donors (Lipinski definition) is 2. The van der Waals surface area contributed by atoms with E-state index in [4.69, 9.17) is 5.14 Å². The summed E-state index contributed by atoms with van der Waals surface area (Å²) in [7, 11) is -3.60. The largest absolute Gasteiger partial charge is 0.308 e. The molecule has 0 spiro atoms. The Bertz CT molecular complexity index is 535. The Kier molecular flexibility index (Phi) is 4.83. The van der Waals surface area contributed by atoms with Gasteiger partial charge < -0.3 is 5.32 Å². The molecule has 4 nitrogen and oxygen atoms in total. The highest BCUT2D eigenvalue weighted by atomic mass is 32.2. The average Bonchev–Trinajstić information content (AvgIpc) is 2.33. The van der Waals surface area contributed by atoms with E-state index in [9.17, 15) is 8.42 Å². The van der Waals surface area contributed by atoms with E-state index >= 15 is 0 Å². The number of primary sulfonamides is 1. The van der Waals surface area contributed by atoms with Gasteiger partial charge in [-0.3, -0.25) is 0 Å². The first-order chi connectivity index (χ1) is 9.36. The van der Waals surface area contributed by atoms with E-state index in [1.807, 2.05) is 12.1 Å². The highest BCUT2D eigenvalue weighted by Crippen LogP contribution is 2.30. The van der Waals surface area contributed by atoms with Crippen molar-refractivity contribution in [1.82, 2.24) is 5.32 Å². The van der Waals surface area contributed by atoms with Crippen molar-refractivity contribution in [3.05, 3.63) is 29.8 Å². The smallest absolute Gasteiger partial charge is 0.238 e. The van der Waals surface area contributed by atoms with Crippen LogP contribution >= 0.6 is 0 Å². The maximum Gasteiger partial charge on any atom is 0.238 e. The second-order valence-electron chi connectivity index (χ2n) is 5.94. The van der Waals surface area contributed by atoms with Gasteiger partial charge in [-0.1, -0.05) is 31.4 Å². The molecule has 112 valence electrons. The van der Waals surface area contributed by atoms with Crippen molar-refractivity contribution in [2.75, 3.05) is 0 Å². The summed E-state index contributed by atoms with van der Waals surface area (Å²) in [4.78, 5) is 0.163. The lowest BCUT2D eigenvalue weighted by Gasteiger charge is -2.30. The molecule has 0 heterocycles. The van der Waals surface area contributed by atoms with E-state index in [1.165, 1.54) is 25.7 Å². The van der Waals surface area contributed by atoms with Gasteiger partial charge >= 0.3 is 0 Å². The van der Waals surface area contributed by atoms with Gasteiger partial charge in [0.25, 0.3) is 0 Å². The van der Waals surface area contributed by atoms with Crippen LogP contribution < -0.4 is 10.5 Å². The van der Waals surface area contributed by atoms with Crippen molar-refractivity contribution in [1.29, 1.82) is 0 Å². The molecule has 1 aliphatic rings. The first-order valence-corrected chi connectivity index (χ1v) is 8.79. The normalized spacial score (nSPS) is 19.4. The van der Waals surface area contributed by atoms with Crippen molar-refractivity contribution in [2.45, 2.75) is 56.5 Å². The van der Waals surface area contributed by atoms with Crippen LogP contribution in [-0.4, -0.2) is 14.5 Å². The third kappa shape index (κ3) is 4.04. The molecule has 0 bridgehead atoms. The molecule has 1 aromatic rings. The van der Waals surface area contributed by atoms with E-state index in [0.717, 1.165) is 11.5 Å². The highest BCUT2D eigenvalue weighted by molar-refractivity contribution is 7.89. The number of nitrogens with one attached hydrogen (secondary N) is 1. The summed E-state index contributed by atoms with van der Waals surface area (Å²) >= 11 is 0. The monoisotopic (exact) mass is 296 g/mol. The van der Waals surface area contributed by atoms with Crippen LogP contribution in [0.5, 0.6) is 0 Å². The molecule has 0 aromatic heterocycles. The predicted octanol–water partition coefficient (Wildman–Crippen LogP) is 2.56. The highest BCUT2D eigenvalue weighted by Gasteiger charge is 2.21. The second-order valence-corrected chi connectivity index (χ2v) is 7.50. The van der Waals surface area contributed by atoms with Gasteiger partial charge in [0, 0.05) is 12.1 Å². The lowest BCUT2D eigenvalue weighted by Crippen LogP contribution is -2.32. The lowest BCUT2D eigenvalue weighted by atomic mass is 9.81. The summed E-state index contributed by atoms with van der Waals surface area (Å²) in [5.41, 5.74) is 1.08. The molecular formula is C15H24N2O2S. The molecule has 0 amide bonds. The van der Waals surface area contributed by atoms with Crippen molar-refractivity contribution in [2.24, 2.45) is 11.1 Å². The maximum atomic E-state index is 11.2. The summed E-state index contributed by atoms with van der Waals surface area (Å²) in [5.74, 6) is 0.884. The summed E-state index contributed by atoms with van der Waals surface area (Å²) in [6.45, 7) is 4.32. The molecule has 0 radical (unpaired) electrons. The third-order valence-corrected chi connectivity index (χ3v) is 5.08. The van der Waals surface area contributed by atoms with E-state index < -0.39 is 10.0 Å². The minimum absolute atomic E-state index is 0.163. The molecule has 1 saturated carbocycles. The number of hydrogen-bond acceptors (Lipinski definition) is 3. The standard InChI is InChI=1S/C15H24N2O2S/c1-11(10-13-4-3-5-13)17-12(2)14-6-8-15(9-7-14)20(16,18)19/h6-9,11-13,17H,3-5,10H2,1-2H3,(H2,16,18,19).